The van der Waals surface area contributed by atoms with E-state index in [9.17, 15) is 27.2 Å². The quantitative estimate of drug-likeness (QED) is 0.310. The minimum Gasteiger partial charge on any atom is -0.363 e. The van der Waals surface area contributed by atoms with Crippen molar-refractivity contribution in [3.05, 3.63) is 128 Å². The van der Waals surface area contributed by atoms with Gasteiger partial charge in [-0.05, 0) is 36.2 Å². The van der Waals surface area contributed by atoms with E-state index in [0.717, 1.165) is 32.9 Å². The van der Waals surface area contributed by atoms with E-state index in [-0.39, 0.29) is 17.9 Å². The van der Waals surface area contributed by atoms with Crippen molar-refractivity contribution in [2.75, 3.05) is 31.1 Å². The lowest BCUT2D eigenvalue weighted by Gasteiger charge is -2.37. The molecule has 1 aliphatic heterocycles. The number of rotatable bonds is 8. The van der Waals surface area contributed by atoms with E-state index in [1.54, 1.807) is 42.7 Å². The van der Waals surface area contributed by atoms with E-state index >= 15 is 0 Å². The molecule has 0 aliphatic carbocycles. The summed E-state index contributed by atoms with van der Waals surface area (Å²) < 4.78 is 58.5. The fourth-order valence-corrected chi connectivity index (χ4v) is 5.52. The summed E-state index contributed by atoms with van der Waals surface area (Å²) in [5.41, 5.74) is 5.17. The Morgan fingerprint density at radius 1 is 0.907 bits per heavy atom. The number of hydrogen-bond donors (Lipinski definition) is 1. The molecule has 2 aromatic heterocycles. The van der Waals surface area contributed by atoms with Crippen LogP contribution < -0.4 is 21.9 Å². The van der Waals surface area contributed by atoms with Gasteiger partial charge in [0.05, 0.1) is 18.7 Å². The van der Waals surface area contributed by atoms with Crippen LogP contribution in [0, 0.1) is 12.7 Å². The second-order valence-corrected chi connectivity index (χ2v) is 10.6. The average molecular weight is 597 g/mol. The molecule has 1 saturated heterocycles. The van der Waals surface area contributed by atoms with Crippen molar-refractivity contribution in [1.82, 2.24) is 19.0 Å². The molecule has 1 atom stereocenters. The van der Waals surface area contributed by atoms with Gasteiger partial charge >= 0.3 is 11.9 Å². The third kappa shape index (κ3) is 6.55. The lowest BCUT2D eigenvalue weighted by Crippen LogP contribution is -2.51. The van der Waals surface area contributed by atoms with Crippen LogP contribution >= 0.6 is 0 Å². The van der Waals surface area contributed by atoms with Gasteiger partial charge in [-0.3, -0.25) is 23.8 Å². The van der Waals surface area contributed by atoms with Crippen molar-refractivity contribution >= 4 is 5.69 Å². The third-order valence-corrected chi connectivity index (χ3v) is 7.82. The summed E-state index contributed by atoms with van der Waals surface area (Å²) in [5.74, 6) is -1.09. The molecule has 5 rings (SSSR count). The zero-order chi connectivity index (χ0) is 30.7. The monoisotopic (exact) mass is 596 g/mol. The molecule has 226 valence electrons. The summed E-state index contributed by atoms with van der Waals surface area (Å²) in [4.78, 5) is 35.9. The van der Waals surface area contributed by atoms with E-state index in [4.69, 9.17) is 5.73 Å². The van der Waals surface area contributed by atoms with Crippen LogP contribution in [-0.4, -0.2) is 45.2 Å². The van der Waals surface area contributed by atoms with Crippen LogP contribution in [0.4, 0.5) is 23.2 Å². The van der Waals surface area contributed by atoms with Gasteiger partial charge in [-0.1, -0.05) is 42.5 Å². The van der Waals surface area contributed by atoms with Crippen LogP contribution in [0.5, 0.6) is 0 Å². The van der Waals surface area contributed by atoms with Crippen molar-refractivity contribution < 1.29 is 17.6 Å². The molecular formula is C31H32F4N6O2. The van der Waals surface area contributed by atoms with Crippen LogP contribution in [0.1, 0.15) is 34.0 Å². The highest BCUT2D eigenvalue weighted by Gasteiger charge is 2.35. The number of anilines is 1. The second kappa shape index (κ2) is 12.5. The molecule has 2 aromatic carbocycles. The smallest absolute Gasteiger partial charge is 0.363 e. The highest BCUT2D eigenvalue weighted by Crippen LogP contribution is 2.33. The Hall–Kier alpha value is -4.29. The van der Waals surface area contributed by atoms with E-state index in [0.29, 0.717) is 38.3 Å². The maximum absolute atomic E-state index is 14.9. The van der Waals surface area contributed by atoms with Crippen molar-refractivity contribution in [3.63, 3.8) is 0 Å². The SMILES string of the molecule is Cc1c(N2CCN(Cc3cccnc3)CC2)c(=O)n(CC(N)c2ccccc2)c(=O)n1Cc1c(F)cccc1C(F)(F)F. The van der Waals surface area contributed by atoms with Gasteiger partial charge < -0.3 is 10.6 Å². The highest BCUT2D eigenvalue weighted by atomic mass is 19.4. The number of hydrogen-bond acceptors (Lipinski definition) is 6. The Morgan fingerprint density at radius 3 is 2.28 bits per heavy atom. The first-order chi connectivity index (χ1) is 20.5. The first-order valence-corrected chi connectivity index (χ1v) is 13.9. The summed E-state index contributed by atoms with van der Waals surface area (Å²) >= 11 is 0. The Kier molecular flexibility index (Phi) is 8.79. The van der Waals surface area contributed by atoms with Crippen LogP contribution in [-0.2, 0) is 25.8 Å². The molecule has 1 aliphatic rings. The molecule has 2 N–H and O–H groups in total. The molecule has 0 saturated carbocycles. The van der Waals surface area contributed by atoms with Gasteiger partial charge in [0.25, 0.3) is 5.56 Å². The summed E-state index contributed by atoms with van der Waals surface area (Å²) in [6.45, 7) is 3.34. The van der Waals surface area contributed by atoms with Gasteiger partial charge in [0.2, 0.25) is 0 Å². The number of nitrogens with two attached hydrogens (primary N) is 1. The molecule has 12 heteroatoms. The number of piperazine rings is 1. The van der Waals surface area contributed by atoms with Crippen molar-refractivity contribution in [2.24, 2.45) is 5.73 Å². The predicted octanol–water partition coefficient (Wildman–Crippen LogP) is 3.94. The Balaban J connectivity index is 1.55. The third-order valence-electron chi connectivity index (χ3n) is 7.82. The summed E-state index contributed by atoms with van der Waals surface area (Å²) in [6.07, 6.45) is -1.35. The molecular weight excluding hydrogens is 564 g/mol. The predicted molar refractivity (Wildman–Crippen MR) is 155 cm³/mol. The largest absolute Gasteiger partial charge is 0.416 e. The Bertz CT molecular complexity index is 1680. The number of benzene rings is 2. The van der Waals surface area contributed by atoms with Gasteiger partial charge in [-0.25, -0.2) is 9.18 Å². The summed E-state index contributed by atoms with van der Waals surface area (Å²) in [7, 11) is 0. The molecule has 0 radical (unpaired) electrons. The normalized spacial score (nSPS) is 15.1. The van der Waals surface area contributed by atoms with Gasteiger partial charge in [0.15, 0.2) is 0 Å². The number of nitrogens with zero attached hydrogens (tertiary/aromatic N) is 5. The topological polar surface area (TPSA) is 89.4 Å². The van der Waals surface area contributed by atoms with Crippen LogP contribution in [0.25, 0.3) is 0 Å². The van der Waals surface area contributed by atoms with E-state index in [1.165, 1.54) is 6.92 Å². The molecule has 0 bridgehead atoms. The molecule has 3 heterocycles. The Labute approximate surface area is 245 Å². The van der Waals surface area contributed by atoms with Crippen LogP contribution in [0.3, 0.4) is 0 Å². The maximum atomic E-state index is 14.9. The maximum Gasteiger partial charge on any atom is 0.416 e. The Morgan fingerprint density at radius 2 is 1.63 bits per heavy atom. The zero-order valence-corrected chi connectivity index (χ0v) is 23.6. The lowest BCUT2D eigenvalue weighted by atomic mass is 10.1. The standard InChI is InChI=1S/C31H32F4N6O2/c1-21-28(39-15-13-38(14-16-39)18-22-7-6-12-37-17-22)29(42)41(20-27(36)23-8-3-2-4-9-23)30(43)40(21)19-24-25(31(33,34)35)10-5-11-26(24)32/h2-12,17,27H,13-16,18-20,36H2,1H3. The molecule has 43 heavy (non-hydrogen) atoms. The first-order valence-electron chi connectivity index (χ1n) is 13.9. The average Bonchev–Trinajstić information content (AvgIpc) is 2.99. The van der Waals surface area contributed by atoms with Gasteiger partial charge in [0.1, 0.15) is 11.5 Å². The van der Waals surface area contributed by atoms with E-state index in [1.807, 2.05) is 17.0 Å². The molecule has 0 amide bonds. The molecule has 1 unspecified atom stereocenters. The minimum atomic E-state index is -4.84. The lowest BCUT2D eigenvalue weighted by molar-refractivity contribution is -0.138. The fraction of sp³-hybridized carbons (Fsp3) is 0.323. The molecule has 8 nitrogen and oxygen atoms in total. The van der Waals surface area contributed by atoms with Gasteiger partial charge in [0, 0.05) is 62.4 Å². The first kappa shape index (κ1) is 30.2. The minimum absolute atomic E-state index is 0.164. The number of aromatic nitrogens is 3. The van der Waals surface area contributed by atoms with Crippen molar-refractivity contribution in [2.45, 2.75) is 38.8 Å². The number of halogens is 4. The highest BCUT2D eigenvalue weighted by molar-refractivity contribution is 5.50. The van der Waals surface area contributed by atoms with Crippen LogP contribution in [0.15, 0.2) is 82.6 Å². The van der Waals surface area contributed by atoms with Crippen LogP contribution in [0.2, 0.25) is 0 Å². The molecule has 0 spiro atoms. The van der Waals surface area contributed by atoms with Gasteiger partial charge in [-0.15, -0.1) is 0 Å². The second-order valence-electron chi connectivity index (χ2n) is 10.6. The van der Waals surface area contributed by atoms with Crippen molar-refractivity contribution in [3.8, 4) is 0 Å². The molecule has 4 aromatic rings. The number of alkyl halides is 3. The van der Waals surface area contributed by atoms with Gasteiger partial charge in [-0.2, -0.15) is 13.2 Å². The fourth-order valence-electron chi connectivity index (χ4n) is 5.52. The van der Waals surface area contributed by atoms with E-state index < -0.39 is 47.0 Å². The van der Waals surface area contributed by atoms with Crippen molar-refractivity contribution in [1.29, 1.82) is 0 Å². The van der Waals surface area contributed by atoms with E-state index in [2.05, 4.69) is 9.88 Å². The number of pyridine rings is 1. The summed E-state index contributed by atoms with van der Waals surface area (Å²) in [5, 5.41) is 0. The summed E-state index contributed by atoms with van der Waals surface area (Å²) in [6, 6.07) is 14.7. The zero-order valence-electron chi connectivity index (χ0n) is 23.6. The molecule has 1 fully saturated rings.